The van der Waals surface area contributed by atoms with Gasteiger partial charge in [0.25, 0.3) is 6.43 Å². The van der Waals surface area contributed by atoms with Gasteiger partial charge < -0.3 is 15.2 Å². The number of nitrogens with zero attached hydrogens (tertiary/aromatic N) is 2. The van der Waals surface area contributed by atoms with Crippen molar-refractivity contribution >= 4 is 21.7 Å². The molecule has 1 rings (SSSR count). The zero-order valence-corrected chi connectivity index (χ0v) is 8.03. The lowest BCUT2D eigenvalue weighted by molar-refractivity contribution is -0.390. The number of aromatic nitrogens is 1. The quantitative estimate of drug-likeness (QED) is 0.660. The van der Waals surface area contributed by atoms with Gasteiger partial charge in [0, 0.05) is 0 Å². The Morgan fingerprint density at radius 1 is 1.64 bits per heavy atom. The van der Waals surface area contributed by atoms with Crippen molar-refractivity contribution in [3.8, 4) is 5.75 Å². The summed E-state index contributed by atoms with van der Waals surface area (Å²) in [5.74, 6) is -1.53. The molecular weight excluding hydrogens is 266 g/mol. The second kappa shape index (κ2) is 3.82. The average Bonchev–Trinajstić information content (AvgIpc) is 2.02. The van der Waals surface area contributed by atoms with Gasteiger partial charge in [-0.25, -0.2) is 8.78 Å². The maximum Gasteiger partial charge on any atom is 0.378 e. The Bertz CT molecular complexity index is 386. The van der Waals surface area contributed by atoms with E-state index in [-0.39, 0.29) is 0 Å². The van der Waals surface area contributed by atoms with Crippen molar-refractivity contribution in [3.63, 3.8) is 0 Å². The van der Waals surface area contributed by atoms with Gasteiger partial charge in [0.05, 0.1) is 5.56 Å². The molecule has 0 aromatic carbocycles. The SMILES string of the molecule is O=[N+]([O-])c1ncc(O)c(C(F)F)c1Br. The second-order valence-electron chi connectivity index (χ2n) is 2.25. The van der Waals surface area contributed by atoms with Gasteiger partial charge in [-0.1, -0.05) is 0 Å². The molecule has 8 heteroatoms. The van der Waals surface area contributed by atoms with Crippen molar-refractivity contribution in [2.24, 2.45) is 0 Å². The summed E-state index contributed by atoms with van der Waals surface area (Å²) in [5.41, 5.74) is -0.827. The first-order valence-electron chi connectivity index (χ1n) is 3.25. The highest BCUT2D eigenvalue weighted by Gasteiger charge is 2.26. The van der Waals surface area contributed by atoms with E-state index in [4.69, 9.17) is 5.11 Å². The number of halogens is 3. The molecule has 0 amide bonds. The number of alkyl halides is 2. The van der Waals surface area contributed by atoms with Crippen LogP contribution in [0.2, 0.25) is 0 Å². The first-order chi connectivity index (χ1) is 6.45. The summed E-state index contributed by atoms with van der Waals surface area (Å²) in [6.45, 7) is 0. The predicted octanol–water partition coefficient (Wildman–Crippen LogP) is 2.40. The van der Waals surface area contributed by atoms with E-state index in [0.29, 0.717) is 6.20 Å². The molecule has 0 spiro atoms. The van der Waals surface area contributed by atoms with Gasteiger partial charge in [-0.2, -0.15) is 0 Å². The van der Waals surface area contributed by atoms with E-state index in [0.717, 1.165) is 0 Å². The lowest BCUT2D eigenvalue weighted by Gasteiger charge is -2.04. The van der Waals surface area contributed by atoms with Crippen LogP contribution in [0.15, 0.2) is 10.7 Å². The minimum atomic E-state index is -3.01. The van der Waals surface area contributed by atoms with Crippen LogP contribution in [0.3, 0.4) is 0 Å². The van der Waals surface area contributed by atoms with E-state index < -0.39 is 33.0 Å². The maximum absolute atomic E-state index is 12.3. The zero-order chi connectivity index (χ0) is 10.9. The molecule has 0 aliphatic carbocycles. The molecule has 0 radical (unpaired) electrons. The van der Waals surface area contributed by atoms with Crippen LogP contribution in [0.5, 0.6) is 5.75 Å². The van der Waals surface area contributed by atoms with E-state index in [1.54, 1.807) is 0 Å². The van der Waals surface area contributed by atoms with E-state index in [9.17, 15) is 18.9 Å². The molecule has 0 fully saturated rings. The molecule has 5 nitrogen and oxygen atoms in total. The normalized spacial score (nSPS) is 10.6. The molecule has 1 heterocycles. The largest absolute Gasteiger partial charge is 0.504 e. The van der Waals surface area contributed by atoms with Crippen LogP contribution in [0.25, 0.3) is 0 Å². The number of rotatable bonds is 2. The smallest absolute Gasteiger partial charge is 0.378 e. The van der Waals surface area contributed by atoms with Gasteiger partial charge in [0.1, 0.15) is 4.47 Å². The van der Waals surface area contributed by atoms with Crippen LogP contribution in [0, 0.1) is 10.1 Å². The molecular formula is C6H3BrF2N2O3. The van der Waals surface area contributed by atoms with Crippen LogP contribution in [0.1, 0.15) is 12.0 Å². The third-order valence-corrected chi connectivity index (χ3v) is 2.19. The van der Waals surface area contributed by atoms with Gasteiger partial charge in [0.2, 0.25) is 0 Å². The maximum atomic E-state index is 12.3. The summed E-state index contributed by atoms with van der Waals surface area (Å²) in [6.07, 6.45) is -2.39. The molecule has 0 aliphatic rings. The van der Waals surface area contributed by atoms with Gasteiger partial charge in [-0.15, -0.1) is 0 Å². The Labute approximate surface area is 84.7 Å². The van der Waals surface area contributed by atoms with Crippen LogP contribution in [-0.4, -0.2) is 15.0 Å². The van der Waals surface area contributed by atoms with Crippen molar-refractivity contribution in [3.05, 3.63) is 26.3 Å². The Balaban J connectivity index is 3.41. The standard InChI is InChI=1S/C6H3BrF2N2O3/c7-4-3(5(8)9)2(12)1-10-6(4)11(13)14/h1,5,12H. The monoisotopic (exact) mass is 268 g/mol. The van der Waals surface area contributed by atoms with Crippen LogP contribution in [0.4, 0.5) is 14.6 Å². The minimum Gasteiger partial charge on any atom is -0.504 e. The number of aromatic hydroxyl groups is 1. The van der Waals surface area contributed by atoms with Gasteiger partial charge in [-0.3, -0.25) is 0 Å². The number of hydrogen-bond donors (Lipinski definition) is 1. The van der Waals surface area contributed by atoms with E-state index in [1.165, 1.54) is 0 Å². The highest BCUT2D eigenvalue weighted by Crippen LogP contribution is 2.38. The van der Waals surface area contributed by atoms with Gasteiger partial charge in [0.15, 0.2) is 11.9 Å². The van der Waals surface area contributed by atoms with E-state index in [2.05, 4.69) is 20.9 Å². The Morgan fingerprint density at radius 2 is 2.21 bits per heavy atom. The van der Waals surface area contributed by atoms with Crippen molar-refractivity contribution < 1.29 is 18.8 Å². The minimum absolute atomic E-state index is 0.502. The summed E-state index contributed by atoms with van der Waals surface area (Å²) < 4.78 is 24.1. The van der Waals surface area contributed by atoms with Crippen molar-refractivity contribution in [2.75, 3.05) is 0 Å². The Kier molecular flexibility index (Phi) is 2.94. The molecule has 0 aliphatic heterocycles. The first kappa shape index (κ1) is 10.8. The van der Waals surface area contributed by atoms with Crippen molar-refractivity contribution in [2.45, 2.75) is 6.43 Å². The van der Waals surface area contributed by atoms with Gasteiger partial charge in [-0.05, 0) is 25.8 Å². The summed E-state index contributed by atoms with van der Waals surface area (Å²) in [4.78, 5) is 12.6. The lowest BCUT2D eigenvalue weighted by atomic mass is 10.2. The van der Waals surface area contributed by atoms with Crippen LogP contribution < -0.4 is 0 Å². The topological polar surface area (TPSA) is 76.3 Å². The molecule has 0 bridgehead atoms. The van der Waals surface area contributed by atoms with E-state index in [1.807, 2.05) is 0 Å². The molecule has 14 heavy (non-hydrogen) atoms. The van der Waals surface area contributed by atoms with Gasteiger partial charge >= 0.3 is 5.82 Å². The highest BCUT2D eigenvalue weighted by molar-refractivity contribution is 9.10. The zero-order valence-electron chi connectivity index (χ0n) is 6.45. The fraction of sp³-hybridized carbons (Fsp3) is 0.167. The number of pyridine rings is 1. The summed E-state index contributed by atoms with van der Waals surface area (Å²) in [7, 11) is 0. The van der Waals surface area contributed by atoms with E-state index >= 15 is 0 Å². The highest BCUT2D eigenvalue weighted by atomic mass is 79.9. The first-order valence-corrected chi connectivity index (χ1v) is 4.04. The molecule has 0 saturated carbocycles. The summed E-state index contributed by atoms with van der Waals surface area (Å²) >= 11 is 2.59. The third kappa shape index (κ3) is 1.79. The summed E-state index contributed by atoms with van der Waals surface area (Å²) in [5, 5.41) is 19.3. The second-order valence-corrected chi connectivity index (χ2v) is 3.05. The number of hydrogen-bond acceptors (Lipinski definition) is 4. The molecule has 1 N–H and O–H groups in total. The fourth-order valence-electron chi connectivity index (χ4n) is 0.816. The predicted molar refractivity (Wildman–Crippen MR) is 45.2 cm³/mol. The molecule has 1 aromatic heterocycles. The molecule has 1 aromatic rings. The van der Waals surface area contributed by atoms with Crippen molar-refractivity contribution in [1.29, 1.82) is 0 Å². The number of nitro groups is 1. The molecule has 0 unspecified atom stereocenters. The molecule has 76 valence electrons. The van der Waals surface area contributed by atoms with Crippen molar-refractivity contribution in [1.82, 2.24) is 4.98 Å². The van der Waals surface area contributed by atoms with Crippen LogP contribution >= 0.6 is 15.9 Å². The average molecular weight is 269 g/mol. The molecule has 0 saturated heterocycles. The third-order valence-electron chi connectivity index (χ3n) is 1.41. The Hall–Kier alpha value is -1.31. The summed E-state index contributed by atoms with van der Waals surface area (Å²) in [6, 6.07) is 0. The lowest BCUT2D eigenvalue weighted by Crippen LogP contribution is -1.97. The Morgan fingerprint density at radius 3 is 2.64 bits per heavy atom. The van der Waals surface area contributed by atoms with Crippen LogP contribution in [-0.2, 0) is 0 Å². The fourth-order valence-corrected chi connectivity index (χ4v) is 1.44. The molecule has 0 atom stereocenters.